The van der Waals surface area contributed by atoms with Gasteiger partial charge in [0.25, 0.3) is 5.91 Å². The summed E-state index contributed by atoms with van der Waals surface area (Å²) >= 11 is 0. The molecule has 0 spiro atoms. The quantitative estimate of drug-likeness (QED) is 0.790. The van der Waals surface area contributed by atoms with Crippen molar-refractivity contribution < 1.29 is 18.7 Å². The summed E-state index contributed by atoms with van der Waals surface area (Å²) in [7, 11) is 0. The molecule has 7 heteroatoms. The van der Waals surface area contributed by atoms with E-state index in [1.165, 1.54) is 6.39 Å². The van der Waals surface area contributed by atoms with E-state index in [1.807, 2.05) is 25.1 Å². The van der Waals surface area contributed by atoms with Crippen molar-refractivity contribution in [3.63, 3.8) is 0 Å². The molecule has 0 radical (unpaired) electrons. The molecule has 25 heavy (non-hydrogen) atoms. The summed E-state index contributed by atoms with van der Waals surface area (Å²) in [5.41, 5.74) is 2.90. The average molecular weight is 337 g/mol. The van der Waals surface area contributed by atoms with Crippen molar-refractivity contribution in [2.24, 2.45) is 0 Å². The van der Waals surface area contributed by atoms with Crippen LogP contribution in [0.15, 0.2) is 47.2 Å². The molecule has 2 heterocycles. The Bertz CT molecular complexity index is 922. The molecule has 2 aromatic carbocycles. The highest BCUT2D eigenvalue weighted by atomic mass is 16.6. The van der Waals surface area contributed by atoms with E-state index in [9.17, 15) is 4.79 Å². The van der Waals surface area contributed by atoms with Gasteiger partial charge in [-0.15, -0.1) is 10.2 Å². The second-order valence-electron chi connectivity index (χ2n) is 5.59. The van der Waals surface area contributed by atoms with E-state index < -0.39 is 0 Å². The Kier molecular flexibility index (Phi) is 3.81. The zero-order valence-corrected chi connectivity index (χ0v) is 13.5. The molecule has 1 aliphatic heterocycles. The number of rotatable bonds is 3. The maximum Gasteiger partial charge on any atom is 0.255 e. The Morgan fingerprint density at radius 3 is 2.68 bits per heavy atom. The molecule has 0 aliphatic carbocycles. The number of hydrogen-bond acceptors (Lipinski definition) is 6. The Hall–Kier alpha value is -3.35. The Morgan fingerprint density at radius 1 is 1.08 bits per heavy atom. The Labute approximate surface area is 143 Å². The summed E-state index contributed by atoms with van der Waals surface area (Å²) in [5, 5.41) is 10.4. The van der Waals surface area contributed by atoms with Crippen LogP contribution in [0.3, 0.4) is 0 Å². The topological polar surface area (TPSA) is 86.5 Å². The van der Waals surface area contributed by atoms with E-state index >= 15 is 0 Å². The van der Waals surface area contributed by atoms with Crippen molar-refractivity contribution in [2.75, 3.05) is 18.5 Å². The van der Waals surface area contributed by atoms with Gasteiger partial charge in [-0.05, 0) is 48.9 Å². The van der Waals surface area contributed by atoms with Crippen molar-refractivity contribution in [3.8, 4) is 23.0 Å². The first-order valence-corrected chi connectivity index (χ1v) is 7.79. The summed E-state index contributed by atoms with van der Waals surface area (Å²) < 4.78 is 16.2. The van der Waals surface area contributed by atoms with E-state index in [2.05, 4.69) is 15.5 Å². The normalized spacial score (nSPS) is 12.7. The lowest BCUT2D eigenvalue weighted by molar-refractivity contribution is 0.102. The number of nitrogens with one attached hydrogen (secondary N) is 1. The predicted molar refractivity (Wildman–Crippen MR) is 89.9 cm³/mol. The summed E-state index contributed by atoms with van der Waals surface area (Å²) in [6, 6.07) is 10.7. The van der Waals surface area contributed by atoms with E-state index in [-0.39, 0.29) is 5.91 Å². The van der Waals surface area contributed by atoms with E-state index in [0.29, 0.717) is 41.9 Å². The molecule has 0 unspecified atom stereocenters. The molecule has 0 atom stereocenters. The number of carbonyl (C=O) groups excluding carboxylic acids is 1. The third-order valence-corrected chi connectivity index (χ3v) is 3.89. The number of hydrogen-bond donors (Lipinski definition) is 1. The van der Waals surface area contributed by atoms with Gasteiger partial charge in [0.2, 0.25) is 12.3 Å². The minimum Gasteiger partial charge on any atom is -0.486 e. The summed E-state index contributed by atoms with van der Waals surface area (Å²) in [6.07, 6.45) is 1.28. The largest absolute Gasteiger partial charge is 0.486 e. The molecule has 1 aliphatic rings. The fraction of sp³-hybridized carbons (Fsp3) is 0.167. The van der Waals surface area contributed by atoms with Crippen LogP contribution in [-0.2, 0) is 0 Å². The number of aromatic nitrogens is 2. The number of amides is 1. The highest BCUT2D eigenvalue weighted by molar-refractivity contribution is 6.05. The first-order valence-electron chi connectivity index (χ1n) is 7.79. The first kappa shape index (κ1) is 15.2. The zero-order valence-electron chi connectivity index (χ0n) is 13.5. The van der Waals surface area contributed by atoms with Crippen LogP contribution in [0.4, 0.5) is 5.69 Å². The van der Waals surface area contributed by atoms with Gasteiger partial charge in [0.05, 0.1) is 0 Å². The number of anilines is 1. The fourth-order valence-corrected chi connectivity index (χ4v) is 2.61. The lowest BCUT2D eigenvalue weighted by Crippen LogP contribution is -2.17. The minimum atomic E-state index is -0.217. The molecule has 126 valence electrons. The fourth-order valence-electron chi connectivity index (χ4n) is 2.61. The van der Waals surface area contributed by atoms with Gasteiger partial charge < -0.3 is 19.2 Å². The standard InChI is InChI=1S/C18H15N3O4/c1-11-8-13(18-21-19-10-25-18)2-4-14(11)20-17(22)12-3-5-15-16(9-12)24-7-6-23-15/h2-5,8-10H,6-7H2,1H3,(H,20,22). The van der Waals surface area contributed by atoms with Gasteiger partial charge in [0.15, 0.2) is 11.5 Å². The molecule has 4 rings (SSSR count). The van der Waals surface area contributed by atoms with Crippen LogP contribution < -0.4 is 14.8 Å². The monoisotopic (exact) mass is 337 g/mol. The van der Waals surface area contributed by atoms with Gasteiger partial charge >= 0.3 is 0 Å². The second kappa shape index (κ2) is 6.27. The predicted octanol–water partition coefficient (Wildman–Crippen LogP) is 3.07. The lowest BCUT2D eigenvalue weighted by atomic mass is 10.1. The number of ether oxygens (including phenoxy) is 2. The number of nitrogens with zero attached hydrogens (tertiary/aromatic N) is 2. The number of aryl methyl sites for hydroxylation is 1. The molecular weight excluding hydrogens is 322 g/mol. The lowest BCUT2D eigenvalue weighted by Gasteiger charge is -2.18. The van der Waals surface area contributed by atoms with Crippen molar-refractivity contribution in [1.82, 2.24) is 10.2 Å². The van der Waals surface area contributed by atoms with Gasteiger partial charge in [0.1, 0.15) is 13.2 Å². The number of carbonyl (C=O) groups is 1. The summed E-state index contributed by atoms with van der Waals surface area (Å²) in [5.74, 6) is 1.46. The van der Waals surface area contributed by atoms with Crippen molar-refractivity contribution >= 4 is 11.6 Å². The van der Waals surface area contributed by atoms with E-state index in [0.717, 1.165) is 11.1 Å². The molecule has 0 saturated carbocycles. The van der Waals surface area contributed by atoms with Crippen molar-refractivity contribution in [3.05, 3.63) is 53.9 Å². The average Bonchev–Trinajstić information content (AvgIpc) is 3.17. The van der Waals surface area contributed by atoms with Crippen LogP contribution in [0.5, 0.6) is 11.5 Å². The minimum absolute atomic E-state index is 0.217. The molecule has 0 bridgehead atoms. The molecule has 1 N–H and O–H groups in total. The van der Waals surface area contributed by atoms with Gasteiger partial charge in [-0.25, -0.2) is 0 Å². The molecule has 3 aromatic rings. The molecule has 7 nitrogen and oxygen atoms in total. The molecule has 0 fully saturated rings. The maximum absolute atomic E-state index is 12.5. The smallest absolute Gasteiger partial charge is 0.255 e. The highest BCUT2D eigenvalue weighted by Crippen LogP contribution is 2.31. The van der Waals surface area contributed by atoms with E-state index in [1.54, 1.807) is 18.2 Å². The number of benzene rings is 2. The van der Waals surface area contributed by atoms with Crippen LogP contribution in [-0.4, -0.2) is 29.3 Å². The van der Waals surface area contributed by atoms with E-state index in [4.69, 9.17) is 13.9 Å². The van der Waals surface area contributed by atoms with Crippen LogP contribution in [0.1, 0.15) is 15.9 Å². The molecular formula is C18H15N3O4. The Balaban J connectivity index is 1.54. The van der Waals surface area contributed by atoms with Crippen LogP contribution >= 0.6 is 0 Å². The van der Waals surface area contributed by atoms with Gasteiger partial charge in [0, 0.05) is 16.8 Å². The van der Waals surface area contributed by atoms with Crippen LogP contribution in [0.2, 0.25) is 0 Å². The van der Waals surface area contributed by atoms with Crippen molar-refractivity contribution in [1.29, 1.82) is 0 Å². The highest BCUT2D eigenvalue weighted by Gasteiger charge is 2.16. The summed E-state index contributed by atoms with van der Waals surface area (Å²) in [4.78, 5) is 12.5. The van der Waals surface area contributed by atoms with Gasteiger partial charge in [-0.2, -0.15) is 0 Å². The third kappa shape index (κ3) is 3.03. The Morgan fingerprint density at radius 2 is 1.92 bits per heavy atom. The van der Waals surface area contributed by atoms with Gasteiger partial charge in [-0.3, -0.25) is 4.79 Å². The van der Waals surface area contributed by atoms with Crippen molar-refractivity contribution in [2.45, 2.75) is 6.92 Å². The molecule has 1 aromatic heterocycles. The second-order valence-corrected chi connectivity index (χ2v) is 5.59. The SMILES string of the molecule is Cc1cc(-c2nnco2)ccc1NC(=O)c1ccc2c(c1)OCCO2. The van der Waals surface area contributed by atoms with Crippen LogP contribution in [0.25, 0.3) is 11.5 Å². The third-order valence-electron chi connectivity index (χ3n) is 3.89. The molecule has 0 saturated heterocycles. The maximum atomic E-state index is 12.5. The summed E-state index contributed by atoms with van der Waals surface area (Å²) in [6.45, 7) is 2.90. The molecule has 1 amide bonds. The van der Waals surface area contributed by atoms with Gasteiger partial charge in [-0.1, -0.05) is 0 Å². The van der Waals surface area contributed by atoms with Crippen LogP contribution in [0, 0.1) is 6.92 Å². The number of fused-ring (bicyclic) bond motifs is 1. The first-order chi connectivity index (χ1) is 12.2. The zero-order chi connectivity index (χ0) is 17.2.